The Morgan fingerprint density at radius 2 is 1.97 bits per heavy atom. The number of hydrogen-bond donors (Lipinski definition) is 2. The van der Waals surface area contributed by atoms with Crippen LogP contribution >= 0.6 is 0 Å². The summed E-state index contributed by atoms with van der Waals surface area (Å²) < 4.78 is 0. The number of aliphatic hydroxyl groups is 1. The third-order valence-corrected chi connectivity index (χ3v) is 5.46. The molecule has 0 radical (unpaired) electrons. The quantitative estimate of drug-likeness (QED) is 0.328. The fraction of sp³-hybridized carbons (Fsp3) is 0.520. The van der Waals surface area contributed by atoms with Crippen LogP contribution in [0.3, 0.4) is 0 Å². The van der Waals surface area contributed by atoms with E-state index in [4.69, 9.17) is 5.11 Å². The van der Waals surface area contributed by atoms with E-state index >= 15 is 0 Å². The molecule has 5 nitrogen and oxygen atoms in total. The summed E-state index contributed by atoms with van der Waals surface area (Å²) >= 11 is 0. The van der Waals surface area contributed by atoms with Crippen molar-refractivity contribution in [3.63, 3.8) is 0 Å². The molecule has 0 spiro atoms. The van der Waals surface area contributed by atoms with Gasteiger partial charge in [-0.25, -0.2) is 0 Å². The van der Waals surface area contributed by atoms with Gasteiger partial charge in [0.1, 0.15) is 0 Å². The highest BCUT2D eigenvalue weighted by Gasteiger charge is 2.28. The average Bonchev–Trinajstić information content (AvgIpc) is 3.08. The Bertz CT molecular complexity index is 762. The number of aliphatic hydroxyl groups excluding tert-OH is 1. The molecule has 1 saturated heterocycles. The molecular weight excluding hydrogens is 378 g/mol. The number of amides is 1. The van der Waals surface area contributed by atoms with E-state index in [2.05, 4.69) is 11.8 Å². The molecule has 1 aliphatic rings. The van der Waals surface area contributed by atoms with Crippen LogP contribution in [0, 0.1) is 17.8 Å². The number of carbonyl (C=O) groups is 2. The number of unbranched alkanes of at least 4 members (excludes halogenated alkanes) is 3. The normalized spacial score (nSPS) is 18.3. The highest BCUT2D eigenvalue weighted by atomic mass is 16.4. The molecule has 0 aromatic heterocycles. The Morgan fingerprint density at radius 1 is 1.23 bits per heavy atom. The second-order valence-electron chi connectivity index (χ2n) is 7.98. The van der Waals surface area contributed by atoms with Gasteiger partial charge in [-0.15, -0.1) is 0 Å². The standard InChI is InChI=1S/C25H33NO4/c1-20(10-9-13-21-11-5-4-6-12-21)23(27)17-15-22-16-18-24(28)26(22)19-8-3-2-7-14-25(29)30/h4-6,11-12,15,17,20,22-23,27H,2-3,7-8,10,14,16,18-19H2,1H3,(H,29,30)/b17-15+/t20-,22-,23+/m0/s1. The van der Waals surface area contributed by atoms with Crippen LogP contribution in [0.15, 0.2) is 42.5 Å². The van der Waals surface area contributed by atoms with Crippen molar-refractivity contribution in [3.8, 4) is 11.8 Å². The van der Waals surface area contributed by atoms with E-state index in [9.17, 15) is 14.7 Å². The molecule has 1 fully saturated rings. The van der Waals surface area contributed by atoms with E-state index in [-0.39, 0.29) is 24.3 Å². The van der Waals surface area contributed by atoms with Crippen LogP contribution in [-0.2, 0) is 9.59 Å². The second kappa shape index (κ2) is 12.9. The van der Waals surface area contributed by atoms with Crippen molar-refractivity contribution in [2.45, 2.75) is 70.4 Å². The van der Waals surface area contributed by atoms with Crippen molar-refractivity contribution in [3.05, 3.63) is 48.0 Å². The maximum Gasteiger partial charge on any atom is 0.303 e. The minimum Gasteiger partial charge on any atom is -0.481 e. The van der Waals surface area contributed by atoms with E-state index in [1.807, 2.05) is 48.2 Å². The van der Waals surface area contributed by atoms with Crippen molar-refractivity contribution in [1.29, 1.82) is 0 Å². The average molecular weight is 412 g/mol. The lowest BCUT2D eigenvalue weighted by Crippen LogP contribution is -2.33. The van der Waals surface area contributed by atoms with Crippen LogP contribution in [-0.4, -0.2) is 45.7 Å². The molecule has 1 aliphatic heterocycles. The van der Waals surface area contributed by atoms with Gasteiger partial charge in [0.15, 0.2) is 0 Å². The number of rotatable bonds is 11. The van der Waals surface area contributed by atoms with Gasteiger partial charge in [0.05, 0.1) is 12.1 Å². The van der Waals surface area contributed by atoms with Gasteiger partial charge >= 0.3 is 5.97 Å². The summed E-state index contributed by atoms with van der Waals surface area (Å²) in [5.41, 5.74) is 0.970. The van der Waals surface area contributed by atoms with E-state index in [0.29, 0.717) is 25.8 Å². The summed E-state index contributed by atoms with van der Waals surface area (Å²) in [4.78, 5) is 24.6. The lowest BCUT2D eigenvalue weighted by Gasteiger charge is -2.23. The monoisotopic (exact) mass is 411 g/mol. The number of hydrogen-bond acceptors (Lipinski definition) is 3. The zero-order valence-electron chi connectivity index (χ0n) is 17.8. The Labute approximate surface area is 179 Å². The van der Waals surface area contributed by atoms with Crippen molar-refractivity contribution < 1.29 is 19.8 Å². The molecule has 1 aromatic rings. The maximum absolute atomic E-state index is 12.2. The third kappa shape index (κ3) is 8.42. The van der Waals surface area contributed by atoms with Crippen molar-refractivity contribution in [2.24, 2.45) is 5.92 Å². The summed E-state index contributed by atoms with van der Waals surface area (Å²) in [6.07, 6.45) is 8.66. The highest BCUT2D eigenvalue weighted by Crippen LogP contribution is 2.22. The number of nitrogens with zero attached hydrogens (tertiary/aromatic N) is 1. The molecule has 1 aromatic carbocycles. The molecule has 30 heavy (non-hydrogen) atoms. The molecule has 1 heterocycles. The maximum atomic E-state index is 12.2. The SMILES string of the molecule is C[C@@H](CC#Cc1ccccc1)[C@H](O)/C=C/[C@H]1CCC(=O)N1CCCCCCC(=O)O. The third-order valence-electron chi connectivity index (χ3n) is 5.46. The zero-order chi connectivity index (χ0) is 21.8. The summed E-state index contributed by atoms with van der Waals surface area (Å²) in [6.45, 7) is 2.67. The smallest absolute Gasteiger partial charge is 0.303 e. The van der Waals surface area contributed by atoms with E-state index in [0.717, 1.165) is 31.2 Å². The molecule has 5 heteroatoms. The summed E-state index contributed by atoms with van der Waals surface area (Å²) in [5, 5.41) is 19.1. The van der Waals surface area contributed by atoms with Gasteiger partial charge in [0.25, 0.3) is 0 Å². The van der Waals surface area contributed by atoms with Crippen LogP contribution in [0.1, 0.15) is 63.9 Å². The van der Waals surface area contributed by atoms with Crippen LogP contribution in [0.5, 0.6) is 0 Å². The first-order chi connectivity index (χ1) is 14.5. The minimum absolute atomic E-state index is 0.0113. The van der Waals surface area contributed by atoms with Crippen LogP contribution in [0.4, 0.5) is 0 Å². The number of carboxylic acids is 1. The molecule has 2 N–H and O–H groups in total. The first kappa shape index (κ1) is 23.7. The fourth-order valence-electron chi connectivity index (χ4n) is 3.55. The van der Waals surface area contributed by atoms with Crippen molar-refractivity contribution in [2.75, 3.05) is 6.54 Å². The number of carboxylic acid groups (broad SMARTS) is 1. The molecule has 2 rings (SSSR count). The zero-order valence-corrected chi connectivity index (χ0v) is 17.8. The first-order valence-corrected chi connectivity index (χ1v) is 10.9. The lowest BCUT2D eigenvalue weighted by molar-refractivity contribution is -0.137. The fourth-order valence-corrected chi connectivity index (χ4v) is 3.55. The topological polar surface area (TPSA) is 77.8 Å². The molecule has 1 amide bonds. The first-order valence-electron chi connectivity index (χ1n) is 10.9. The Hall–Kier alpha value is -2.58. The van der Waals surface area contributed by atoms with Crippen LogP contribution < -0.4 is 0 Å². The van der Waals surface area contributed by atoms with Crippen LogP contribution in [0.25, 0.3) is 0 Å². The summed E-state index contributed by atoms with van der Waals surface area (Å²) in [7, 11) is 0. The van der Waals surface area contributed by atoms with Gasteiger partial charge in [-0.1, -0.05) is 62.0 Å². The second-order valence-corrected chi connectivity index (χ2v) is 7.98. The van der Waals surface area contributed by atoms with E-state index in [1.165, 1.54) is 0 Å². The Morgan fingerprint density at radius 3 is 2.70 bits per heavy atom. The number of aliphatic carboxylic acids is 1. The lowest BCUT2D eigenvalue weighted by atomic mass is 9.99. The highest BCUT2D eigenvalue weighted by molar-refractivity contribution is 5.79. The van der Waals surface area contributed by atoms with Crippen molar-refractivity contribution >= 4 is 11.9 Å². The minimum atomic E-state index is -0.756. The van der Waals surface area contributed by atoms with Crippen LogP contribution in [0.2, 0.25) is 0 Å². The van der Waals surface area contributed by atoms with Gasteiger partial charge in [0, 0.05) is 31.4 Å². The van der Waals surface area contributed by atoms with Gasteiger partial charge < -0.3 is 15.1 Å². The summed E-state index contributed by atoms with van der Waals surface area (Å²) in [5.74, 6) is 5.66. The summed E-state index contributed by atoms with van der Waals surface area (Å²) in [6, 6.07) is 9.83. The number of benzene rings is 1. The van der Waals surface area contributed by atoms with Gasteiger partial charge in [-0.2, -0.15) is 0 Å². The van der Waals surface area contributed by atoms with Gasteiger partial charge in [0.2, 0.25) is 5.91 Å². The molecule has 0 aliphatic carbocycles. The van der Waals surface area contributed by atoms with Gasteiger partial charge in [-0.3, -0.25) is 9.59 Å². The number of carbonyl (C=O) groups excluding carboxylic acids is 1. The Balaban J connectivity index is 1.76. The van der Waals surface area contributed by atoms with E-state index in [1.54, 1.807) is 6.08 Å². The Kier molecular flexibility index (Phi) is 10.2. The molecule has 0 bridgehead atoms. The predicted molar refractivity (Wildman–Crippen MR) is 118 cm³/mol. The molecule has 0 unspecified atom stereocenters. The largest absolute Gasteiger partial charge is 0.481 e. The van der Waals surface area contributed by atoms with E-state index < -0.39 is 12.1 Å². The van der Waals surface area contributed by atoms with Crippen molar-refractivity contribution in [1.82, 2.24) is 4.90 Å². The molecule has 3 atom stereocenters. The molecule has 162 valence electrons. The van der Waals surface area contributed by atoms with Gasteiger partial charge in [-0.05, 0) is 37.3 Å². The predicted octanol–water partition coefficient (Wildman–Crippen LogP) is 4.01. The number of likely N-dealkylation sites (tertiary alicyclic amines) is 1. The molecular formula is C25H33NO4. The molecule has 0 saturated carbocycles.